The summed E-state index contributed by atoms with van der Waals surface area (Å²) in [4.78, 5) is 34.0. The van der Waals surface area contributed by atoms with Gasteiger partial charge in [-0.25, -0.2) is 9.59 Å². The van der Waals surface area contributed by atoms with Crippen molar-refractivity contribution in [2.75, 3.05) is 6.61 Å². The molecule has 0 aromatic heterocycles. The fourth-order valence-corrected chi connectivity index (χ4v) is 1.01. The Morgan fingerprint density at radius 2 is 1.65 bits per heavy atom. The van der Waals surface area contributed by atoms with Gasteiger partial charge in [-0.05, 0) is 13.8 Å². The lowest BCUT2D eigenvalue weighted by atomic mass is 10.2. The summed E-state index contributed by atoms with van der Waals surface area (Å²) in [5.74, 6) is -1.99. The topological polar surface area (TPSA) is 78.9 Å². The van der Waals surface area contributed by atoms with Crippen LogP contribution in [0.4, 0.5) is 0 Å². The van der Waals surface area contributed by atoms with E-state index in [9.17, 15) is 14.4 Å². The zero-order chi connectivity index (χ0) is 15.7. The molecule has 6 heteroatoms. The summed E-state index contributed by atoms with van der Waals surface area (Å²) in [5.41, 5.74) is 0.363. The maximum Gasteiger partial charge on any atom is 0.333 e. The molecule has 0 aliphatic rings. The van der Waals surface area contributed by atoms with Crippen LogP contribution in [0.1, 0.15) is 20.3 Å². The molecule has 0 aliphatic carbocycles. The summed E-state index contributed by atoms with van der Waals surface area (Å²) < 4.78 is 14.3. The second kappa shape index (κ2) is 8.68. The van der Waals surface area contributed by atoms with Crippen molar-refractivity contribution in [2.24, 2.45) is 0 Å². The van der Waals surface area contributed by atoms with Gasteiger partial charge in [0.05, 0.1) is 12.7 Å². The fraction of sp³-hybridized carbons (Fsp3) is 0.357. The summed E-state index contributed by atoms with van der Waals surface area (Å²) in [6.07, 6.45) is -0.274. The molecular weight excluding hydrogens is 264 g/mol. The standard InChI is InChI=1S/C14H18O6/c1-6-18-12(15)7-11(20-14(17)10(4)5)8-19-13(16)9(2)3/h6,11H,1-2,4,7-8H2,3,5H3. The van der Waals surface area contributed by atoms with Crippen LogP contribution in [0.3, 0.4) is 0 Å². The lowest BCUT2D eigenvalue weighted by Crippen LogP contribution is -2.28. The van der Waals surface area contributed by atoms with Gasteiger partial charge in [-0.15, -0.1) is 0 Å². The Hall–Kier alpha value is -2.37. The van der Waals surface area contributed by atoms with E-state index < -0.39 is 24.0 Å². The number of carbonyl (C=O) groups excluding carboxylic acids is 3. The van der Waals surface area contributed by atoms with E-state index in [0.29, 0.717) is 0 Å². The van der Waals surface area contributed by atoms with Gasteiger partial charge >= 0.3 is 17.9 Å². The third-order valence-corrected chi connectivity index (χ3v) is 1.98. The molecule has 0 radical (unpaired) electrons. The Balaban J connectivity index is 4.61. The van der Waals surface area contributed by atoms with E-state index in [2.05, 4.69) is 24.5 Å². The maximum atomic E-state index is 11.4. The largest absolute Gasteiger partial charge is 0.458 e. The van der Waals surface area contributed by atoms with Gasteiger partial charge in [0, 0.05) is 11.1 Å². The molecular formula is C14H18O6. The highest BCUT2D eigenvalue weighted by Crippen LogP contribution is 2.07. The lowest BCUT2D eigenvalue weighted by Gasteiger charge is -2.17. The zero-order valence-electron chi connectivity index (χ0n) is 11.6. The third-order valence-electron chi connectivity index (χ3n) is 1.98. The summed E-state index contributed by atoms with van der Waals surface area (Å²) in [7, 11) is 0. The van der Waals surface area contributed by atoms with Crippen LogP contribution in [0.25, 0.3) is 0 Å². The van der Waals surface area contributed by atoms with Gasteiger partial charge in [0.15, 0.2) is 0 Å². The van der Waals surface area contributed by atoms with Crippen molar-refractivity contribution in [3.63, 3.8) is 0 Å². The SMILES string of the molecule is C=COC(=O)CC(COC(=O)C(=C)C)OC(=O)C(=C)C. The third kappa shape index (κ3) is 7.15. The highest BCUT2D eigenvalue weighted by atomic mass is 16.6. The molecule has 0 fully saturated rings. The van der Waals surface area contributed by atoms with Gasteiger partial charge in [-0.3, -0.25) is 4.79 Å². The van der Waals surface area contributed by atoms with Gasteiger partial charge in [0.1, 0.15) is 12.7 Å². The van der Waals surface area contributed by atoms with Gasteiger partial charge in [-0.2, -0.15) is 0 Å². The molecule has 0 aliphatic heterocycles. The van der Waals surface area contributed by atoms with Crippen LogP contribution in [-0.2, 0) is 28.6 Å². The van der Waals surface area contributed by atoms with Crippen LogP contribution >= 0.6 is 0 Å². The van der Waals surface area contributed by atoms with Crippen molar-refractivity contribution in [2.45, 2.75) is 26.4 Å². The molecule has 20 heavy (non-hydrogen) atoms. The molecule has 0 bridgehead atoms. The number of hydrogen-bond donors (Lipinski definition) is 0. The number of ether oxygens (including phenoxy) is 3. The van der Waals surface area contributed by atoms with Crippen molar-refractivity contribution in [1.82, 2.24) is 0 Å². The Labute approximate surface area is 117 Å². The minimum Gasteiger partial charge on any atom is -0.458 e. The first-order valence-corrected chi connectivity index (χ1v) is 5.77. The van der Waals surface area contributed by atoms with Crippen LogP contribution in [0.15, 0.2) is 37.1 Å². The predicted octanol–water partition coefficient (Wildman–Crippen LogP) is 1.67. The first kappa shape index (κ1) is 17.6. The summed E-state index contributed by atoms with van der Waals surface area (Å²) in [6, 6.07) is 0. The van der Waals surface area contributed by atoms with Crippen LogP contribution in [0.2, 0.25) is 0 Å². The van der Waals surface area contributed by atoms with Crippen LogP contribution in [0, 0.1) is 0 Å². The van der Waals surface area contributed by atoms with Crippen molar-refractivity contribution in [1.29, 1.82) is 0 Å². The highest BCUT2D eigenvalue weighted by Gasteiger charge is 2.21. The van der Waals surface area contributed by atoms with Crippen LogP contribution < -0.4 is 0 Å². The molecule has 6 nitrogen and oxygen atoms in total. The number of hydrogen-bond acceptors (Lipinski definition) is 6. The van der Waals surface area contributed by atoms with E-state index in [0.717, 1.165) is 6.26 Å². The van der Waals surface area contributed by atoms with E-state index in [-0.39, 0.29) is 24.2 Å². The van der Waals surface area contributed by atoms with E-state index in [1.807, 2.05) is 0 Å². The normalized spacial score (nSPS) is 10.9. The lowest BCUT2D eigenvalue weighted by molar-refractivity contribution is -0.158. The number of carbonyl (C=O) groups is 3. The minimum absolute atomic E-state index is 0.165. The monoisotopic (exact) mass is 282 g/mol. The quantitative estimate of drug-likeness (QED) is 0.291. The summed E-state index contributed by atoms with van der Waals surface area (Å²) >= 11 is 0. The molecule has 0 amide bonds. The molecule has 0 saturated heterocycles. The van der Waals surface area contributed by atoms with Gasteiger partial charge in [0.2, 0.25) is 0 Å². The van der Waals surface area contributed by atoms with Gasteiger partial charge in [-0.1, -0.05) is 19.7 Å². The first-order valence-electron chi connectivity index (χ1n) is 5.77. The zero-order valence-corrected chi connectivity index (χ0v) is 11.6. The molecule has 0 N–H and O–H groups in total. The van der Waals surface area contributed by atoms with Crippen LogP contribution in [0.5, 0.6) is 0 Å². The van der Waals surface area contributed by atoms with Crippen molar-refractivity contribution in [3.05, 3.63) is 37.1 Å². The molecule has 0 aromatic carbocycles. The minimum atomic E-state index is -0.963. The maximum absolute atomic E-state index is 11.4. The Morgan fingerprint density at radius 3 is 2.10 bits per heavy atom. The molecule has 0 saturated carbocycles. The number of rotatable bonds is 8. The van der Waals surface area contributed by atoms with E-state index in [1.54, 1.807) is 0 Å². The second-order valence-corrected chi connectivity index (χ2v) is 4.05. The highest BCUT2D eigenvalue weighted by molar-refractivity contribution is 5.88. The molecule has 0 aromatic rings. The summed E-state index contributed by atoms with van der Waals surface area (Å²) in [6.45, 7) is 12.7. The number of esters is 3. The Kier molecular flexibility index (Phi) is 7.65. The van der Waals surface area contributed by atoms with E-state index >= 15 is 0 Å². The fourth-order valence-electron chi connectivity index (χ4n) is 1.01. The second-order valence-electron chi connectivity index (χ2n) is 4.05. The van der Waals surface area contributed by atoms with Crippen LogP contribution in [-0.4, -0.2) is 30.6 Å². The molecule has 1 unspecified atom stereocenters. The van der Waals surface area contributed by atoms with E-state index in [4.69, 9.17) is 9.47 Å². The van der Waals surface area contributed by atoms with Crippen molar-refractivity contribution in [3.8, 4) is 0 Å². The van der Waals surface area contributed by atoms with Gasteiger partial charge in [0.25, 0.3) is 0 Å². The van der Waals surface area contributed by atoms with Gasteiger partial charge < -0.3 is 14.2 Å². The predicted molar refractivity (Wildman–Crippen MR) is 71.4 cm³/mol. The first-order chi connectivity index (χ1) is 9.27. The molecule has 110 valence electrons. The average molecular weight is 282 g/mol. The molecule has 0 rings (SSSR count). The smallest absolute Gasteiger partial charge is 0.333 e. The Bertz CT molecular complexity index is 435. The molecule has 0 heterocycles. The van der Waals surface area contributed by atoms with Crippen molar-refractivity contribution < 1.29 is 28.6 Å². The Morgan fingerprint density at radius 1 is 1.10 bits per heavy atom. The molecule has 1 atom stereocenters. The van der Waals surface area contributed by atoms with Crippen molar-refractivity contribution >= 4 is 17.9 Å². The molecule has 0 spiro atoms. The summed E-state index contributed by atoms with van der Waals surface area (Å²) in [5, 5.41) is 0. The average Bonchev–Trinajstić information content (AvgIpc) is 2.35. The van der Waals surface area contributed by atoms with E-state index in [1.165, 1.54) is 13.8 Å².